The second-order valence-corrected chi connectivity index (χ2v) is 12.2. The van der Waals surface area contributed by atoms with Gasteiger partial charge >= 0.3 is 0 Å². The second kappa shape index (κ2) is 13.6. The summed E-state index contributed by atoms with van der Waals surface area (Å²) in [6, 6.07) is 12.6. The lowest BCUT2D eigenvalue weighted by Gasteiger charge is -2.28. The first-order valence-corrected chi connectivity index (χ1v) is 15.8. The van der Waals surface area contributed by atoms with Crippen LogP contribution in [-0.2, 0) is 5.75 Å². The average molecular weight is 578 g/mol. The minimum absolute atomic E-state index is 0.217. The molecule has 39 heavy (non-hydrogen) atoms. The molecule has 0 unspecified atom stereocenters. The number of benzene rings is 1. The first kappa shape index (κ1) is 27.9. The van der Waals surface area contributed by atoms with E-state index in [1.807, 2.05) is 24.3 Å². The van der Waals surface area contributed by atoms with E-state index >= 15 is 0 Å². The smallest absolute Gasteiger partial charge is 0.145 e. The molecular weight excluding hydrogens is 546 g/mol. The van der Waals surface area contributed by atoms with Gasteiger partial charge < -0.3 is 10.6 Å². The average Bonchev–Trinajstić information content (AvgIpc) is 3.46. The molecule has 0 radical (unpaired) electrons. The van der Waals surface area contributed by atoms with E-state index in [2.05, 4.69) is 33.1 Å². The quantitative estimate of drug-likeness (QED) is 0.287. The van der Waals surface area contributed by atoms with Gasteiger partial charge in [0.25, 0.3) is 0 Å². The Bertz CT molecular complexity index is 1350. The third-order valence-electron chi connectivity index (χ3n) is 7.37. The first-order chi connectivity index (χ1) is 19.2. The summed E-state index contributed by atoms with van der Waals surface area (Å²) in [5.41, 5.74) is 3.97. The maximum absolute atomic E-state index is 10.3. The largest absolute Gasteiger partial charge is 0.368 e. The van der Waals surface area contributed by atoms with E-state index in [-0.39, 0.29) is 5.92 Å². The Hall–Kier alpha value is -2.66. The van der Waals surface area contributed by atoms with E-state index in [1.54, 1.807) is 11.3 Å². The molecule has 10 heteroatoms. The summed E-state index contributed by atoms with van der Waals surface area (Å²) in [7, 11) is 0. The lowest BCUT2D eigenvalue weighted by Crippen LogP contribution is -2.45. The third kappa shape index (κ3) is 6.92. The number of nitrogens with one attached hydrogen (secondary N) is 2. The normalized spacial score (nSPS) is 16.5. The fourth-order valence-electron chi connectivity index (χ4n) is 5.34. The molecule has 2 aromatic heterocycles. The highest BCUT2D eigenvalue weighted by Crippen LogP contribution is 2.41. The Labute approximate surface area is 243 Å². The van der Waals surface area contributed by atoms with Crippen molar-refractivity contribution in [3.05, 3.63) is 57.1 Å². The Kier molecular flexibility index (Phi) is 9.73. The molecule has 0 atom stereocenters. The zero-order valence-corrected chi connectivity index (χ0v) is 24.3. The molecule has 0 spiro atoms. The second-order valence-electron chi connectivity index (χ2n) is 9.95. The molecule has 5 rings (SSSR count). The Balaban J connectivity index is 1.40. The van der Waals surface area contributed by atoms with Crippen LogP contribution in [0.2, 0.25) is 5.02 Å². The van der Waals surface area contributed by atoms with E-state index in [0.29, 0.717) is 39.3 Å². The number of hydrogen-bond acceptors (Lipinski definition) is 9. The fourth-order valence-corrected chi connectivity index (χ4v) is 7.29. The number of anilines is 1. The van der Waals surface area contributed by atoms with Gasteiger partial charge in [0.15, 0.2) is 0 Å². The summed E-state index contributed by atoms with van der Waals surface area (Å²) in [5.74, 6) is 1.42. The standard InChI is InChI=1S/C29H32ClN7S2/c30-22-8-6-21(7-9-22)28-35-23(18-38-28)19-39-29-25(17-32)26(20-4-2-1-3-5-20)24(16-31)27(36-29)34-12-15-37-13-10-33-11-14-37/h6-9,18,20,33H,1-5,10-15,19H2,(H,34,36). The summed E-state index contributed by atoms with van der Waals surface area (Å²) < 4.78 is 0. The maximum Gasteiger partial charge on any atom is 0.145 e. The summed E-state index contributed by atoms with van der Waals surface area (Å²) in [5, 5.41) is 31.8. The molecule has 1 aromatic carbocycles. The van der Waals surface area contributed by atoms with Crippen LogP contribution in [0.15, 0.2) is 34.7 Å². The van der Waals surface area contributed by atoms with Crippen molar-refractivity contribution in [2.75, 3.05) is 44.6 Å². The zero-order valence-electron chi connectivity index (χ0n) is 21.9. The molecule has 1 aliphatic heterocycles. The van der Waals surface area contributed by atoms with Gasteiger partial charge in [0, 0.05) is 61.0 Å². The molecule has 0 amide bonds. The van der Waals surface area contributed by atoms with E-state index in [9.17, 15) is 10.5 Å². The zero-order chi connectivity index (χ0) is 27.0. The van der Waals surface area contributed by atoms with Crippen LogP contribution in [0.3, 0.4) is 0 Å². The highest BCUT2D eigenvalue weighted by atomic mass is 35.5. The minimum atomic E-state index is 0.217. The van der Waals surface area contributed by atoms with Crippen LogP contribution in [0.4, 0.5) is 5.82 Å². The van der Waals surface area contributed by atoms with E-state index in [4.69, 9.17) is 21.6 Å². The predicted molar refractivity (Wildman–Crippen MR) is 159 cm³/mol. The van der Waals surface area contributed by atoms with Gasteiger partial charge in [0.2, 0.25) is 0 Å². The topological polar surface area (TPSA) is 101 Å². The van der Waals surface area contributed by atoms with Gasteiger partial charge in [-0.05, 0) is 36.5 Å². The van der Waals surface area contributed by atoms with Crippen molar-refractivity contribution in [2.45, 2.75) is 48.8 Å². The molecule has 3 heterocycles. The van der Waals surface area contributed by atoms with Crippen molar-refractivity contribution in [1.29, 1.82) is 10.5 Å². The lowest BCUT2D eigenvalue weighted by atomic mass is 9.80. The van der Waals surface area contributed by atoms with Crippen LogP contribution in [0.1, 0.15) is 60.4 Å². The molecule has 2 fully saturated rings. The number of rotatable bonds is 9. The molecular formula is C29H32ClN7S2. The van der Waals surface area contributed by atoms with Crippen LogP contribution >= 0.6 is 34.7 Å². The number of pyridine rings is 1. The van der Waals surface area contributed by atoms with Crippen molar-refractivity contribution >= 4 is 40.5 Å². The molecule has 1 saturated heterocycles. The molecule has 1 saturated carbocycles. The summed E-state index contributed by atoms with van der Waals surface area (Å²) >= 11 is 9.17. The highest BCUT2D eigenvalue weighted by molar-refractivity contribution is 7.98. The van der Waals surface area contributed by atoms with Gasteiger partial charge in [-0.1, -0.05) is 54.8 Å². The van der Waals surface area contributed by atoms with Gasteiger partial charge in [-0.2, -0.15) is 10.5 Å². The fraction of sp³-hybridized carbons (Fsp3) is 0.448. The van der Waals surface area contributed by atoms with Gasteiger partial charge in [-0.25, -0.2) is 9.97 Å². The van der Waals surface area contributed by atoms with Crippen LogP contribution in [0.25, 0.3) is 10.6 Å². The molecule has 7 nitrogen and oxygen atoms in total. The van der Waals surface area contributed by atoms with E-state index in [1.165, 1.54) is 18.2 Å². The minimum Gasteiger partial charge on any atom is -0.368 e. The molecule has 202 valence electrons. The number of halogens is 1. The van der Waals surface area contributed by atoms with Crippen LogP contribution in [-0.4, -0.2) is 54.1 Å². The summed E-state index contributed by atoms with van der Waals surface area (Å²) in [6.45, 7) is 5.64. The first-order valence-electron chi connectivity index (χ1n) is 13.5. The van der Waals surface area contributed by atoms with Crippen LogP contribution in [0.5, 0.6) is 0 Å². The number of thioether (sulfide) groups is 1. The van der Waals surface area contributed by atoms with Gasteiger partial charge in [0.05, 0.1) is 16.8 Å². The van der Waals surface area contributed by atoms with Crippen LogP contribution in [0, 0.1) is 22.7 Å². The number of piperazine rings is 1. The van der Waals surface area contributed by atoms with Gasteiger partial charge in [-0.15, -0.1) is 11.3 Å². The van der Waals surface area contributed by atoms with Crippen molar-refractivity contribution in [3.63, 3.8) is 0 Å². The molecule has 2 N–H and O–H groups in total. The molecule has 2 aliphatic rings. The maximum atomic E-state index is 10.3. The van der Waals surface area contributed by atoms with Crippen molar-refractivity contribution in [3.8, 4) is 22.7 Å². The third-order valence-corrected chi connectivity index (χ3v) is 9.57. The number of nitrogens with zero attached hydrogens (tertiary/aromatic N) is 5. The highest BCUT2D eigenvalue weighted by Gasteiger charge is 2.28. The SMILES string of the molecule is N#Cc1c(NCCN2CCNCC2)nc(SCc2csc(-c3ccc(Cl)cc3)n2)c(C#N)c1C1CCCCC1. The molecule has 0 bridgehead atoms. The van der Waals surface area contributed by atoms with Gasteiger partial charge in [-0.3, -0.25) is 4.90 Å². The number of thiazole rings is 1. The van der Waals surface area contributed by atoms with Crippen LogP contribution < -0.4 is 10.6 Å². The van der Waals surface area contributed by atoms with Crippen molar-refractivity contribution in [2.24, 2.45) is 0 Å². The monoisotopic (exact) mass is 577 g/mol. The molecule has 1 aliphatic carbocycles. The van der Waals surface area contributed by atoms with Crippen molar-refractivity contribution in [1.82, 2.24) is 20.2 Å². The van der Waals surface area contributed by atoms with Gasteiger partial charge in [0.1, 0.15) is 28.0 Å². The van der Waals surface area contributed by atoms with Crippen molar-refractivity contribution < 1.29 is 0 Å². The summed E-state index contributed by atoms with van der Waals surface area (Å²) in [4.78, 5) is 12.1. The number of hydrogen-bond donors (Lipinski definition) is 2. The Morgan fingerprint density at radius 1 is 1.05 bits per heavy atom. The summed E-state index contributed by atoms with van der Waals surface area (Å²) in [6.07, 6.45) is 5.48. The molecule has 3 aromatic rings. The van der Waals surface area contributed by atoms with E-state index in [0.717, 1.165) is 80.2 Å². The Morgan fingerprint density at radius 2 is 1.79 bits per heavy atom. The Morgan fingerprint density at radius 3 is 2.51 bits per heavy atom. The number of nitriles is 2. The van der Waals surface area contributed by atoms with E-state index < -0.39 is 0 Å². The lowest BCUT2D eigenvalue weighted by molar-refractivity contribution is 0.249. The predicted octanol–water partition coefficient (Wildman–Crippen LogP) is 6.26. The number of aromatic nitrogens is 2.